The van der Waals surface area contributed by atoms with Crippen LogP contribution in [0.3, 0.4) is 0 Å². The van der Waals surface area contributed by atoms with Crippen molar-refractivity contribution >= 4 is 23.2 Å². The maximum absolute atomic E-state index is 11.8. The maximum Gasteiger partial charge on any atom is 0.450 e. The summed E-state index contributed by atoms with van der Waals surface area (Å²) in [6.45, 7) is 0. The van der Waals surface area contributed by atoms with Gasteiger partial charge >= 0.3 is 11.6 Å². The molecule has 0 saturated carbocycles. The largest absolute Gasteiger partial charge is 0.450 e. The van der Waals surface area contributed by atoms with Crippen molar-refractivity contribution in [3.63, 3.8) is 0 Å². The third-order valence-corrected chi connectivity index (χ3v) is 1.16. The van der Waals surface area contributed by atoms with E-state index in [1.54, 1.807) is 0 Å². The molecule has 0 aliphatic carbocycles. The number of carbonyl (C=O) groups excluding carboxylic acids is 2. The molecule has 8 heteroatoms. The summed E-state index contributed by atoms with van der Waals surface area (Å²) in [5.74, 6) is -4.81. The van der Waals surface area contributed by atoms with E-state index in [0.717, 1.165) is 0 Å². The molecule has 0 spiro atoms. The topological polar surface area (TPSA) is 34.1 Å². The second kappa shape index (κ2) is 3.57. The van der Waals surface area contributed by atoms with Gasteiger partial charge in [0.1, 0.15) is 0 Å². The summed E-state index contributed by atoms with van der Waals surface area (Å²) in [5.41, 5.74) is 0. The molecule has 0 saturated heterocycles. The maximum atomic E-state index is 11.8. The van der Waals surface area contributed by atoms with Crippen molar-refractivity contribution < 1.29 is 31.5 Å². The Kier molecular flexibility index (Phi) is 3.37. The van der Waals surface area contributed by atoms with E-state index >= 15 is 0 Å². The summed E-state index contributed by atoms with van der Waals surface area (Å²) in [7, 11) is 0. The highest BCUT2D eigenvalue weighted by atomic mass is 35.5. The van der Waals surface area contributed by atoms with Gasteiger partial charge in [-0.1, -0.05) is 0 Å². The smallest absolute Gasteiger partial charge is 0.291 e. The van der Waals surface area contributed by atoms with E-state index in [-0.39, 0.29) is 0 Å². The Bertz CT molecular complexity index is 204. The molecule has 2 nitrogen and oxygen atoms in total. The first-order valence-corrected chi connectivity index (χ1v) is 3.13. The van der Waals surface area contributed by atoms with Crippen molar-refractivity contribution in [2.45, 2.75) is 18.0 Å². The number of ketones is 2. The molecule has 0 aromatic carbocycles. The molecular weight excluding hydrogens is 222 g/mol. The van der Waals surface area contributed by atoms with Crippen LogP contribution in [0.2, 0.25) is 0 Å². The average Bonchev–Trinajstić information content (AvgIpc) is 1.82. The average molecular weight is 225 g/mol. The summed E-state index contributed by atoms with van der Waals surface area (Å²) in [6, 6.07) is 0. The number of halogens is 6. The van der Waals surface area contributed by atoms with Gasteiger partial charge < -0.3 is 0 Å². The lowest BCUT2D eigenvalue weighted by Crippen LogP contribution is -2.31. The predicted octanol–water partition coefficient (Wildman–Crippen LogP) is 1.91. The Balaban J connectivity index is 4.34. The summed E-state index contributed by atoms with van der Waals surface area (Å²) < 4.78 is 57.7. The van der Waals surface area contributed by atoms with Crippen LogP contribution in [0.1, 0.15) is 6.42 Å². The van der Waals surface area contributed by atoms with Crippen LogP contribution < -0.4 is 0 Å². The number of alkyl halides is 6. The van der Waals surface area contributed by atoms with Gasteiger partial charge in [-0.2, -0.15) is 22.0 Å². The molecule has 0 amide bonds. The fourth-order valence-electron chi connectivity index (χ4n) is 0.346. The zero-order valence-electron chi connectivity index (χ0n) is 5.79. The first-order chi connectivity index (χ1) is 5.55. The van der Waals surface area contributed by atoms with E-state index in [9.17, 15) is 31.5 Å². The minimum absolute atomic E-state index is 1.94. The molecule has 13 heavy (non-hydrogen) atoms. The molecular formula is C5H2ClF5O2. The Morgan fingerprint density at radius 1 is 1.00 bits per heavy atom. The Morgan fingerprint density at radius 2 is 1.38 bits per heavy atom. The summed E-state index contributed by atoms with van der Waals surface area (Å²) in [5, 5.41) is -4.43. The number of carbonyl (C=O) groups is 2. The molecule has 0 rings (SSSR count). The lowest BCUT2D eigenvalue weighted by atomic mass is 10.2. The van der Waals surface area contributed by atoms with Gasteiger partial charge in [-0.3, -0.25) is 9.59 Å². The van der Waals surface area contributed by atoms with Gasteiger partial charge in [-0.15, -0.1) is 0 Å². The molecule has 0 aliphatic rings. The standard InChI is InChI=1S/C5H2ClF5O2/c6-4(7,8)2(12)1-3(13)5(9,10)11/h1H2. The van der Waals surface area contributed by atoms with Crippen LogP contribution >= 0.6 is 11.6 Å². The molecule has 0 fully saturated rings. The van der Waals surface area contributed by atoms with Crippen molar-refractivity contribution in [3.05, 3.63) is 0 Å². The predicted molar refractivity (Wildman–Crippen MR) is 31.5 cm³/mol. The molecule has 0 radical (unpaired) electrons. The lowest BCUT2D eigenvalue weighted by molar-refractivity contribution is -0.173. The van der Waals surface area contributed by atoms with Gasteiger partial charge in [-0.25, -0.2) is 0 Å². The molecule has 0 N–H and O–H groups in total. The minimum Gasteiger partial charge on any atom is -0.291 e. The van der Waals surface area contributed by atoms with Gasteiger partial charge in [0.15, 0.2) is 0 Å². The van der Waals surface area contributed by atoms with Crippen LogP contribution in [0.15, 0.2) is 0 Å². The Labute approximate surface area is 73.7 Å². The van der Waals surface area contributed by atoms with E-state index in [1.165, 1.54) is 0 Å². The molecule has 0 unspecified atom stereocenters. The number of hydrogen-bond acceptors (Lipinski definition) is 2. The van der Waals surface area contributed by atoms with Crippen molar-refractivity contribution in [3.8, 4) is 0 Å². The zero-order chi connectivity index (χ0) is 10.9. The summed E-state index contributed by atoms with van der Waals surface area (Å²) in [6.07, 6.45) is -7.24. The molecule has 0 aromatic heterocycles. The fraction of sp³-hybridized carbons (Fsp3) is 0.600. The Hall–Kier alpha value is -0.720. The van der Waals surface area contributed by atoms with Gasteiger partial charge in [0, 0.05) is 0 Å². The van der Waals surface area contributed by atoms with Crippen LogP contribution in [0.4, 0.5) is 22.0 Å². The van der Waals surface area contributed by atoms with Crippen molar-refractivity contribution in [1.29, 1.82) is 0 Å². The quantitative estimate of drug-likeness (QED) is 0.417. The molecule has 0 atom stereocenters. The second-order valence-electron chi connectivity index (χ2n) is 2.02. The zero-order valence-corrected chi connectivity index (χ0v) is 6.55. The van der Waals surface area contributed by atoms with Gasteiger partial charge in [0.25, 0.3) is 0 Å². The number of hydrogen-bond donors (Lipinski definition) is 0. The third-order valence-electron chi connectivity index (χ3n) is 0.953. The fourth-order valence-corrected chi connectivity index (χ4v) is 0.413. The molecule has 76 valence electrons. The second-order valence-corrected chi connectivity index (χ2v) is 2.49. The van der Waals surface area contributed by atoms with Crippen LogP contribution in [-0.4, -0.2) is 23.1 Å². The monoisotopic (exact) mass is 224 g/mol. The molecule has 0 bridgehead atoms. The molecule has 0 heterocycles. The van der Waals surface area contributed by atoms with Crippen molar-refractivity contribution in [1.82, 2.24) is 0 Å². The third kappa shape index (κ3) is 4.16. The first kappa shape index (κ1) is 12.3. The van der Waals surface area contributed by atoms with Gasteiger partial charge in [-0.05, 0) is 11.6 Å². The summed E-state index contributed by atoms with van der Waals surface area (Å²) >= 11 is 4.08. The van der Waals surface area contributed by atoms with Gasteiger partial charge in [0.2, 0.25) is 11.6 Å². The van der Waals surface area contributed by atoms with Crippen LogP contribution in [0.5, 0.6) is 0 Å². The summed E-state index contributed by atoms with van der Waals surface area (Å²) in [4.78, 5) is 20.1. The molecule has 0 aromatic rings. The van der Waals surface area contributed by atoms with Crippen LogP contribution in [-0.2, 0) is 9.59 Å². The van der Waals surface area contributed by atoms with Crippen LogP contribution in [0.25, 0.3) is 0 Å². The highest BCUT2D eigenvalue weighted by Crippen LogP contribution is 2.25. The van der Waals surface area contributed by atoms with Crippen LogP contribution in [0, 0.1) is 0 Å². The first-order valence-electron chi connectivity index (χ1n) is 2.75. The van der Waals surface area contributed by atoms with E-state index in [1.807, 2.05) is 0 Å². The lowest BCUT2D eigenvalue weighted by Gasteiger charge is -2.07. The number of rotatable bonds is 3. The normalized spacial score (nSPS) is 12.8. The molecule has 0 aliphatic heterocycles. The van der Waals surface area contributed by atoms with E-state index in [2.05, 4.69) is 11.6 Å². The van der Waals surface area contributed by atoms with Gasteiger partial charge in [0.05, 0.1) is 6.42 Å². The minimum atomic E-state index is -5.29. The van der Waals surface area contributed by atoms with Crippen molar-refractivity contribution in [2.24, 2.45) is 0 Å². The number of Topliss-reactive ketones (excluding diaryl/α,β-unsaturated/α-hetero) is 2. The highest BCUT2D eigenvalue weighted by Gasteiger charge is 2.44. The van der Waals surface area contributed by atoms with E-state index in [0.29, 0.717) is 0 Å². The van der Waals surface area contributed by atoms with E-state index < -0.39 is 29.5 Å². The Morgan fingerprint density at radius 3 is 1.62 bits per heavy atom. The van der Waals surface area contributed by atoms with Crippen molar-refractivity contribution in [2.75, 3.05) is 0 Å². The SMILES string of the molecule is O=C(CC(=O)C(F)(F)Cl)C(F)(F)F. The van der Waals surface area contributed by atoms with E-state index in [4.69, 9.17) is 0 Å². The highest BCUT2D eigenvalue weighted by molar-refractivity contribution is 6.34.